The monoisotopic (exact) mass is 393 g/mol. The van der Waals surface area contributed by atoms with Crippen LogP contribution in [0.3, 0.4) is 0 Å². The number of carboxylic acids is 1. The van der Waals surface area contributed by atoms with E-state index in [2.05, 4.69) is 5.10 Å². The number of nitrogens with zero attached hydrogens (tertiary/aromatic N) is 3. The first-order chi connectivity index (χ1) is 9.37. The van der Waals surface area contributed by atoms with Crippen molar-refractivity contribution in [3.05, 3.63) is 0 Å². The number of fused-ring (bicyclic) bond motifs is 1. The second-order valence-electron chi connectivity index (χ2n) is 5.75. The molecule has 0 aromatic rings. The minimum absolute atomic E-state index is 0.214. The zero-order chi connectivity index (χ0) is 14.7. The number of carboxylic acid groups (broad SMARTS) is 2. The standard InChI is InChI=1S/C12H16IN3O4/c1-2-12(9(17)18)7-5-15(10(19)20)11(3-4-11)6-16(7)14-8(12)13/h7H,2-6H2,1H3,(H,17,18)(H,19,20). The second-order valence-corrected chi connectivity index (χ2v) is 6.77. The van der Waals surface area contributed by atoms with Crippen molar-refractivity contribution in [2.24, 2.45) is 10.5 Å². The van der Waals surface area contributed by atoms with Gasteiger partial charge in [-0.1, -0.05) is 6.92 Å². The van der Waals surface area contributed by atoms with E-state index in [1.807, 2.05) is 34.5 Å². The van der Waals surface area contributed by atoms with Crippen LogP contribution in [-0.2, 0) is 4.79 Å². The summed E-state index contributed by atoms with van der Waals surface area (Å²) in [7, 11) is 0. The number of hydrogen-bond donors (Lipinski definition) is 2. The fraction of sp³-hybridized carbons (Fsp3) is 0.750. The molecule has 0 radical (unpaired) electrons. The maximum atomic E-state index is 11.8. The zero-order valence-electron chi connectivity index (χ0n) is 11.0. The van der Waals surface area contributed by atoms with E-state index in [1.54, 1.807) is 0 Å². The quantitative estimate of drug-likeness (QED) is 0.693. The third-order valence-electron chi connectivity index (χ3n) is 4.89. The van der Waals surface area contributed by atoms with Gasteiger partial charge in [0.2, 0.25) is 0 Å². The van der Waals surface area contributed by atoms with Gasteiger partial charge in [0.25, 0.3) is 0 Å². The van der Waals surface area contributed by atoms with Crippen LogP contribution < -0.4 is 0 Å². The Hall–Kier alpha value is -1.06. The summed E-state index contributed by atoms with van der Waals surface area (Å²) in [6, 6.07) is -0.403. The van der Waals surface area contributed by atoms with Crippen molar-refractivity contribution in [1.29, 1.82) is 0 Å². The lowest BCUT2D eigenvalue weighted by Crippen LogP contribution is -2.63. The van der Waals surface area contributed by atoms with Gasteiger partial charge >= 0.3 is 12.1 Å². The van der Waals surface area contributed by atoms with Crippen molar-refractivity contribution in [2.75, 3.05) is 13.1 Å². The minimum atomic E-state index is -1.08. The number of amides is 1. The first kappa shape index (κ1) is 13.9. The molecule has 0 aromatic carbocycles. The molecule has 0 aromatic heterocycles. The second kappa shape index (κ2) is 4.22. The number of rotatable bonds is 2. The number of carbonyl (C=O) groups is 2. The van der Waals surface area contributed by atoms with E-state index in [0.717, 1.165) is 12.8 Å². The topological polar surface area (TPSA) is 93.4 Å². The molecule has 2 aliphatic heterocycles. The SMILES string of the molecule is CCC1(C(=O)O)C(I)=NN2CC3(CC3)N(C(=O)O)CC21. The van der Waals surface area contributed by atoms with E-state index < -0.39 is 23.5 Å². The van der Waals surface area contributed by atoms with Gasteiger partial charge in [-0.3, -0.25) is 14.7 Å². The highest BCUT2D eigenvalue weighted by Crippen LogP contribution is 2.51. The maximum Gasteiger partial charge on any atom is 0.407 e. The zero-order valence-corrected chi connectivity index (χ0v) is 13.2. The van der Waals surface area contributed by atoms with E-state index in [-0.39, 0.29) is 12.1 Å². The molecule has 1 aliphatic carbocycles. The van der Waals surface area contributed by atoms with Gasteiger partial charge in [-0.05, 0) is 41.9 Å². The summed E-state index contributed by atoms with van der Waals surface area (Å²) in [5.74, 6) is -0.919. The Balaban J connectivity index is 1.98. The summed E-state index contributed by atoms with van der Waals surface area (Å²) in [4.78, 5) is 24.7. The molecule has 3 aliphatic rings. The smallest absolute Gasteiger partial charge is 0.407 e. The number of piperazine rings is 1. The molecule has 20 heavy (non-hydrogen) atoms. The van der Waals surface area contributed by atoms with Crippen LogP contribution in [0.1, 0.15) is 26.2 Å². The molecule has 7 nitrogen and oxygen atoms in total. The summed E-state index contributed by atoms with van der Waals surface area (Å²) in [5, 5.41) is 25.3. The lowest BCUT2D eigenvalue weighted by atomic mass is 9.78. The molecule has 1 spiro atoms. The Bertz CT molecular complexity index is 519. The van der Waals surface area contributed by atoms with Crippen molar-refractivity contribution in [2.45, 2.75) is 37.8 Å². The molecule has 1 saturated carbocycles. The van der Waals surface area contributed by atoms with Crippen LogP contribution >= 0.6 is 22.6 Å². The number of hydrazone groups is 1. The van der Waals surface area contributed by atoms with Gasteiger partial charge < -0.3 is 10.2 Å². The third kappa shape index (κ3) is 1.60. The number of aliphatic carboxylic acids is 1. The summed E-state index contributed by atoms with van der Waals surface area (Å²) >= 11 is 1.99. The molecular formula is C12H16IN3O4. The Morgan fingerprint density at radius 2 is 2.10 bits per heavy atom. The lowest BCUT2D eigenvalue weighted by Gasteiger charge is -2.45. The fourth-order valence-electron chi connectivity index (χ4n) is 3.43. The van der Waals surface area contributed by atoms with Crippen LogP contribution in [-0.4, -0.2) is 60.6 Å². The molecule has 2 N–H and O–H groups in total. The molecule has 1 saturated heterocycles. The lowest BCUT2D eigenvalue weighted by molar-refractivity contribution is -0.149. The third-order valence-corrected chi connectivity index (χ3v) is 6.07. The fourth-order valence-corrected chi connectivity index (χ4v) is 4.68. The molecule has 8 heteroatoms. The molecule has 3 rings (SSSR count). The van der Waals surface area contributed by atoms with Crippen molar-refractivity contribution in [3.63, 3.8) is 0 Å². The van der Waals surface area contributed by atoms with E-state index in [9.17, 15) is 19.8 Å². The summed E-state index contributed by atoms with van der Waals surface area (Å²) < 4.78 is 0.554. The molecule has 1 amide bonds. The molecular weight excluding hydrogens is 377 g/mol. The summed E-state index contributed by atoms with van der Waals surface area (Å²) in [6.07, 6.45) is 1.12. The van der Waals surface area contributed by atoms with Gasteiger partial charge in [-0.15, -0.1) is 0 Å². The van der Waals surface area contributed by atoms with Crippen molar-refractivity contribution < 1.29 is 19.8 Å². The van der Waals surface area contributed by atoms with Crippen LogP contribution in [0.15, 0.2) is 5.10 Å². The van der Waals surface area contributed by atoms with Crippen LogP contribution in [0.2, 0.25) is 0 Å². The Kier molecular flexibility index (Phi) is 2.93. The van der Waals surface area contributed by atoms with Crippen molar-refractivity contribution in [1.82, 2.24) is 9.91 Å². The number of hydrogen-bond acceptors (Lipinski definition) is 4. The van der Waals surface area contributed by atoms with Gasteiger partial charge in [0.05, 0.1) is 18.1 Å². The van der Waals surface area contributed by atoms with Gasteiger partial charge in [-0.2, -0.15) is 5.10 Å². The molecule has 2 unspecified atom stereocenters. The van der Waals surface area contributed by atoms with Crippen LogP contribution in [0.4, 0.5) is 4.79 Å². The maximum absolute atomic E-state index is 11.8. The Morgan fingerprint density at radius 1 is 1.45 bits per heavy atom. The van der Waals surface area contributed by atoms with E-state index in [4.69, 9.17) is 0 Å². The molecule has 2 fully saturated rings. The van der Waals surface area contributed by atoms with Gasteiger partial charge in [0.15, 0.2) is 0 Å². The van der Waals surface area contributed by atoms with Crippen LogP contribution in [0.5, 0.6) is 0 Å². The first-order valence-corrected chi connectivity index (χ1v) is 7.70. The highest BCUT2D eigenvalue weighted by atomic mass is 127. The molecule has 0 bridgehead atoms. The average Bonchev–Trinajstić information content (AvgIpc) is 3.05. The first-order valence-electron chi connectivity index (χ1n) is 6.62. The van der Waals surface area contributed by atoms with Gasteiger partial charge in [-0.25, -0.2) is 4.79 Å². The largest absolute Gasteiger partial charge is 0.480 e. The van der Waals surface area contributed by atoms with Gasteiger partial charge in [0, 0.05) is 6.54 Å². The minimum Gasteiger partial charge on any atom is -0.480 e. The molecule has 110 valence electrons. The van der Waals surface area contributed by atoms with Gasteiger partial charge in [0.1, 0.15) is 9.13 Å². The predicted octanol–water partition coefficient (Wildman–Crippen LogP) is 1.43. The Labute approximate surface area is 129 Å². The van der Waals surface area contributed by atoms with E-state index in [0.29, 0.717) is 16.7 Å². The predicted molar refractivity (Wildman–Crippen MR) is 79.0 cm³/mol. The van der Waals surface area contributed by atoms with Crippen molar-refractivity contribution >= 4 is 38.4 Å². The normalized spacial score (nSPS) is 33.9. The van der Waals surface area contributed by atoms with E-state index >= 15 is 0 Å². The average molecular weight is 393 g/mol. The van der Waals surface area contributed by atoms with Crippen molar-refractivity contribution in [3.8, 4) is 0 Å². The molecule has 2 atom stereocenters. The Morgan fingerprint density at radius 3 is 2.55 bits per heavy atom. The van der Waals surface area contributed by atoms with Crippen LogP contribution in [0, 0.1) is 5.41 Å². The molecule has 2 heterocycles. The summed E-state index contributed by atoms with van der Waals surface area (Å²) in [5.41, 5.74) is -1.42. The number of halogens is 1. The van der Waals surface area contributed by atoms with E-state index in [1.165, 1.54) is 4.90 Å². The highest BCUT2D eigenvalue weighted by molar-refractivity contribution is 14.1. The van der Waals surface area contributed by atoms with Crippen LogP contribution in [0.25, 0.3) is 0 Å². The summed E-state index contributed by atoms with van der Waals surface area (Å²) in [6.45, 7) is 2.54. The highest BCUT2D eigenvalue weighted by Gasteiger charge is 2.64.